The predicted octanol–water partition coefficient (Wildman–Crippen LogP) is 4.80. The molecule has 0 bridgehead atoms. The number of benzene rings is 2. The summed E-state index contributed by atoms with van der Waals surface area (Å²) < 4.78 is 12.7. The summed E-state index contributed by atoms with van der Waals surface area (Å²) in [5.74, 6) is 2.05. The van der Waals surface area contributed by atoms with E-state index in [9.17, 15) is 0 Å². The molecular formula is C21H24N4O2S. The molecule has 146 valence electrons. The molecule has 0 amide bonds. The second-order valence-electron chi connectivity index (χ2n) is 7.34. The van der Waals surface area contributed by atoms with Gasteiger partial charge in [0.25, 0.3) is 0 Å². The van der Waals surface area contributed by atoms with Crippen molar-refractivity contribution in [1.82, 2.24) is 14.9 Å². The molecule has 2 aromatic carbocycles. The first-order chi connectivity index (χ1) is 13.3. The average molecular weight is 397 g/mol. The van der Waals surface area contributed by atoms with Gasteiger partial charge in [0.1, 0.15) is 11.5 Å². The second kappa shape index (κ2) is 7.98. The Kier molecular flexibility index (Phi) is 5.65. The number of rotatable bonds is 5. The van der Waals surface area contributed by atoms with Crippen LogP contribution in [0.5, 0.6) is 11.5 Å². The number of nitrogens with zero attached hydrogens (tertiary/aromatic N) is 3. The molecular weight excluding hydrogens is 372 g/mol. The molecule has 0 aliphatic heterocycles. The van der Waals surface area contributed by atoms with Crippen molar-refractivity contribution in [2.45, 2.75) is 26.2 Å². The molecule has 0 aliphatic carbocycles. The first-order valence-electron chi connectivity index (χ1n) is 8.88. The molecule has 0 aliphatic rings. The van der Waals surface area contributed by atoms with E-state index < -0.39 is 0 Å². The smallest absolute Gasteiger partial charge is 0.216 e. The number of methoxy groups -OCH3 is 2. The summed E-state index contributed by atoms with van der Waals surface area (Å²) in [6, 6.07) is 13.8. The average Bonchev–Trinajstić information content (AvgIpc) is 3.06. The number of H-pyrrole nitrogens is 1. The zero-order chi connectivity index (χ0) is 20.3. The SMILES string of the molecule is COc1ccc(OC)c(C=Nn2c(-c3ccc(C(C)(C)C)cc3)n[nH]c2=S)c1. The zero-order valence-corrected chi connectivity index (χ0v) is 17.5. The second-order valence-corrected chi connectivity index (χ2v) is 7.73. The van der Waals surface area contributed by atoms with Crippen molar-refractivity contribution in [2.24, 2.45) is 5.10 Å². The van der Waals surface area contributed by atoms with Gasteiger partial charge < -0.3 is 9.47 Å². The van der Waals surface area contributed by atoms with E-state index in [0.717, 1.165) is 16.9 Å². The van der Waals surface area contributed by atoms with Crippen LogP contribution in [0.3, 0.4) is 0 Å². The minimum atomic E-state index is 0.0876. The lowest BCUT2D eigenvalue weighted by molar-refractivity contribution is 0.402. The molecule has 1 aromatic heterocycles. The minimum Gasteiger partial charge on any atom is -0.497 e. The van der Waals surface area contributed by atoms with E-state index in [-0.39, 0.29) is 5.41 Å². The van der Waals surface area contributed by atoms with Crippen molar-refractivity contribution in [3.8, 4) is 22.9 Å². The first kappa shape index (κ1) is 19.8. The summed E-state index contributed by atoms with van der Waals surface area (Å²) in [6.45, 7) is 6.55. The molecule has 0 saturated carbocycles. The van der Waals surface area contributed by atoms with Crippen molar-refractivity contribution in [3.63, 3.8) is 0 Å². The number of nitrogens with one attached hydrogen (secondary N) is 1. The Hall–Kier alpha value is -2.93. The van der Waals surface area contributed by atoms with Crippen molar-refractivity contribution in [3.05, 3.63) is 58.4 Å². The van der Waals surface area contributed by atoms with E-state index in [1.165, 1.54) is 5.56 Å². The van der Waals surface area contributed by atoms with E-state index in [2.05, 4.69) is 48.2 Å². The van der Waals surface area contributed by atoms with Gasteiger partial charge in [0.05, 0.1) is 20.4 Å². The van der Waals surface area contributed by atoms with E-state index in [4.69, 9.17) is 21.7 Å². The van der Waals surface area contributed by atoms with Gasteiger partial charge in [0, 0.05) is 11.1 Å². The van der Waals surface area contributed by atoms with Crippen LogP contribution in [0, 0.1) is 4.77 Å². The van der Waals surface area contributed by atoms with Crippen molar-refractivity contribution >= 4 is 18.4 Å². The molecule has 0 saturated heterocycles. The highest BCUT2D eigenvalue weighted by Gasteiger charge is 2.15. The van der Waals surface area contributed by atoms with Gasteiger partial charge in [-0.25, -0.2) is 5.10 Å². The van der Waals surface area contributed by atoms with Crippen LogP contribution in [-0.2, 0) is 5.41 Å². The Labute approximate surface area is 169 Å². The molecule has 1 N–H and O–H groups in total. The third-order valence-corrected chi connectivity index (χ3v) is 4.67. The maximum absolute atomic E-state index is 5.40. The summed E-state index contributed by atoms with van der Waals surface area (Å²) in [5, 5.41) is 11.7. The molecule has 0 spiro atoms. The Morgan fingerprint density at radius 2 is 1.79 bits per heavy atom. The number of hydrogen-bond donors (Lipinski definition) is 1. The Bertz CT molecular complexity index is 1040. The summed E-state index contributed by atoms with van der Waals surface area (Å²) in [7, 11) is 3.24. The van der Waals surface area contributed by atoms with Crippen molar-refractivity contribution in [2.75, 3.05) is 14.2 Å². The fourth-order valence-electron chi connectivity index (χ4n) is 2.77. The first-order valence-corrected chi connectivity index (χ1v) is 9.29. The van der Waals surface area contributed by atoms with Crippen LogP contribution in [0.1, 0.15) is 31.9 Å². The third-order valence-electron chi connectivity index (χ3n) is 4.41. The molecule has 28 heavy (non-hydrogen) atoms. The highest BCUT2D eigenvalue weighted by atomic mass is 32.1. The van der Waals surface area contributed by atoms with E-state index >= 15 is 0 Å². The quantitative estimate of drug-likeness (QED) is 0.497. The van der Waals surface area contributed by atoms with Gasteiger partial charge in [-0.05, 0) is 41.4 Å². The molecule has 6 nitrogen and oxygen atoms in total. The maximum Gasteiger partial charge on any atom is 0.216 e. The summed E-state index contributed by atoms with van der Waals surface area (Å²) >= 11 is 5.36. The van der Waals surface area contributed by atoms with Gasteiger partial charge >= 0.3 is 0 Å². The number of hydrogen-bond acceptors (Lipinski definition) is 5. The zero-order valence-electron chi connectivity index (χ0n) is 16.7. The van der Waals surface area contributed by atoms with Gasteiger partial charge in [-0.1, -0.05) is 45.0 Å². The Morgan fingerprint density at radius 3 is 2.39 bits per heavy atom. The highest BCUT2D eigenvalue weighted by molar-refractivity contribution is 7.71. The van der Waals surface area contributed by atoms with Gasteiger partial charge in [-0.15, -0.1) is 0 Å². The normalized spacial score (nSPS) is 11.8. The van der Waals surface area contributed by atoms with Crippen LogP contribution < -0.4 is 9.47 Å². The van der Waals surface area contributed by atoms with E-state index in [1.54, 1.807) is 25.1 Å². The fraction of sp³-hybridized carbons (Fsp3) is 0.286. The maximum atomic E-state index is 5.40. The lowest BCUT2D eigenvalue weighted by atomic mass is 9.87. The van der Waals surface area contributed by atoms with Gasteiger partial charge in [0.15, 0.2) is 5.82 Å². The molecule has 0 fully saturated rings. The monoisotopic (exact) mass is 396 g/mol. The molecule has 3 rings (SSSR count). The largest absolute Gasteiger partial charge is 0.497 e. The molecule has 0 radical (unpaired) electrons. The molecule has 7 heteroatoms. The van der Waals surface area contributed by atoms with Crippen LogP contribution in [0.2, 0.25) is 0 Å². The van der Waals surface area contributed by atoms with Crippen molar-refractivity contribution in [1.29, 1.82) is 0 Å². The number of aromatic amines is 1. The van der Waals surface area contributed by atoms with Gasteiger partial charge in [-0.2, -0.15) is 14.9 Å². The fourth-order valence-corrected chi connectivity index (χ4v) is 2.94. The number of ether oxygens (including phenoxy) is 2. The van der Waals surface area contributed by atoms with Crippen LogP contribution in [0.25, 0.3) is 11.4 Å². The Morgan fingerprint density at radius 1 is 1.07 bits per heavy atom. The standard InChI is InChI=1S/C21H24N4O2S/c1-21(2,3)16-8-6-14(7-9-16)19-23-24-20(28)25(19)22-13-15-12-17(26-4)10-11-18(15)27-5/h6-13H,1-5H3,(H,24,28). The third kappa shape index (κ3) is 4.14. The molecule has 1 heterocycles. The summed E-state index contributed by atoms with van der Waals surface area (Å²) in [5.41, 5.74) is 3.04. The summed E-state index contributed by atoms with van der Waals surface area (Å²) in [4.78, 5) is 0. The van der Waals surface area contributed by atoms with Crippen LogP contribution in [0.15, 0.2) is 47.6 Å². The van der Waals surface area contributed by atoms with Gasteiger partial charge in [0.2, 0.25) is 4.77 Å². The van der Waals surface area contributed by atoms with E-state index in [1.807, 2.05) is 30.3 Å². The lowest BCUT2D eigenvalue weighted by Gasteiger charge is -2.18. The number of aromatic nitrogens is 3. The van der Waals surface area contributed by atoms with E-state index in [0.29, 0.717) is 16.3 Å². The molecule has 0 unspecified atom stereocenters. The Balaban J connectivity index is 1.98. The van der Waals surface area contributed by atoms with Crippen LogP contribution in [0.4, 0.5) is 0 Å². The van der Waals surface area contributed by atoms with Crippen LogP contribution >= 0.6 is 12.2 Å². The highest BCUT2D eigenvalue weighted by Crippen LogP contribution is 2.26. The molecule has 3 aromatic rings. The summed E-state index contributed by atoms with van der Waals surface area (Å²) in [6.07, 6.45) is 1.68. The predicted molar refractivity (Wildman–Crippen MR) is 114 cm³/mol. The van der Waals surface area contributed by atoms with Crippen molar-refractivity contribution < 1.29 is 9.47 Å². The van der Waals surface area contributed by atoms with Gasteiger partial charge in [-0.3, -0.25) is 0 Å². The van der Waals surface area contributed by atoms with Crippen LogP contribution in [-0.4, -0.2) is 35.3 Å². The lowest BCUT2D eigenvalue weighted by Crippen LogP contribution is -2.10. The topological polar surface area (TPSA) is 64.4 Å². The molecule has 0 atom stereocenters. The minimum absolute atomic E-state index is 0.0876.